The van der Waals surface area contributed by atoms with Gasteiger partial charge in [0.1, 0.15) is 16.6 Å². The van der Waals surface area contributed by atoms with E-state index in [9.17, 15) is 14.7 Å². The molecule has 0 aromatic carbocycles. The Balaban J connectivity index is 1.83. The first kappa shape index (κ1) is 19.2. The van der Waals surface area contributed by atoms with Crippen LogP contribution < -0.4 is 10.6 Å². The summed E-state index contributed by atoms with van der Waals surface area (Å²) in [7, 11) is 1.72. The van der Waals surface area contributed by atoms with Crippen molar-refractivity contribution >= 4 is 34.5 Å². The highest BCUT2D eigenvalue weighted by Gasteiger charge is 2.29. The molecule has 8 heteroatoms. The van der Waals surface area contributed by atoms with E-state index in [0.717, 1.165) is 18.1 Å². The molecular formula is C19H22N4O3S. The quantitative estimate of drug-likeness (QED) is 0.496. The van der Waals surface area contributed by atoms with Gasteiger partial charge in [-0.25, -0.2) is 9.97 Å². The molecule has 0 bridgehead atoms. The Kier molecular flexibility index (Phi) is 5.98. The monoisotopic (exact) mass is 386 g/mol. The Morgan fingerprint density at radius 3 is 2.81 bits per heavy atom. The number of aryl methyl sites for hydroxylation is 1. The SMILES string of the molecule is CCNc1ccc(/C(O)=C2\CCc3nc(CC(=O)CNC)sc3C2=O)cn1. The van der Waals surface area contributed by atoms with Crippen LogP contribution in [0.25, 0.3) is 5.76 Å². The molecule has 0 amide bonds. The molecule has 2 aromatic heterocycles. The summed E-state index contributed by atoms with van der Waals surface area (Å²) in [4.78, 5) is 33.8. The fraction of sp³-hybridized carbons (Fsp3) is 0.368. The van der Waals surface area contributed by atoms with Gasteiger partial charge in [0.25, 0.3) is 0 Å². The van der Waals surface area contributed by atoms with E-state index in [1.165, 1.54) is 11.3 Å². The number of carbonyl (C=O) groups is 2. The van der Waals surface area contributed by atoms with E-state index in [0.29, 0.717) is 33.9 Å². The highest BCUT2D eigenvalue weighted by Crippen LogP contribution is 2.33. The van der Waals surface area contributed by atoms with Crippen molar-refractivity contribution in [1.82, 2.24) is 15.3 Å². The molecule has 3 rings (SSSR count). The molecule has 0 spiro atoms. The van der Waals surface area contributed by atoms with Gasteiger partial charge in [-0.05, 0) is 38.9 Å². The summed E-state index contributed by atoms with van der Waals surface area (Å²) >= 11 is 1.24. The molecule has 3 N–H and O–H groups in total. The first-order valence-corrected chi connectivity index (χ1v) is 9.67. The molecular weight excluding hydrogens is 364 g/mol. The molecule has 0 radical (unpaired) electrons. The lowest BCUT2D eigenvalue weighted by molar-refractivity contribution is -0.117. The number of likely N-dealkylation sites (N-methyl/N-ethyl adjacent to an activating group) is 1. The molecule has 0 unspecified atom stereocenters. The predicted octanol–water partition coefficient (Wildman–Crippen LogP) is 2.40. The maximum absolute atomic E-state index is 12.8. The number of pyridine rings is 1. The largest absolute Gasteiger partial charge is 0.507 e. The van der Waals surface area contributed by atoms with E-state index < -0.39 is 0 Å². The van der Waals surface area contributed by atoms with Crippen molar-refractivity contribution in [3.63, 3.8) is 0 Å². The molecule has 7 nitrogen and oxygen atoms in total. The minimum Gasteiger partial charge on any atom is -0.507 e. The number of anilines is 1. The van der Waals surface area contributed by atoms with Crippen molar-refractivity contribution in [3.8, 4) is 0 Å². The van der Waals surface area contributed by atoms with E-state index >= 15 is 0 Å². The smallest absolute Gasteiger partial charge is 0.204 e. The Labute approximate surface area is 161 Å². The van der Waals surface area contributed by atoms with E-state index in [1.54, 1.807) is 25.4 Å². The summed E-state index contributed by atoms with van der Waals surface area (Å²) in [5.74, 6) is 0.493. The van der Waals surface area contributed by atoms with Gasteiger partial charge in [-0.2, -0.15) is 0 Å². The molecule has 0 atom stereocenters. The zero-order chi connectivity index (χ0) is 19.4. The Morgan fingerprint density at radius 1 is 1.33 bits per heavy atom. The van der Waals surface area contributed by atoms with Crippen LogP contribution in [-0.2, 0) is 17.6 Å². The molecule has 0 saturated heterocycles. The van der Waals surface area contributed by atoms with E-state index in [-0.39, 0.29) is 30.3 Å². The minimum absolute atomic E-state index is 0.0292. The van der Waals surface area contributed by atoms with Crippen LogP contribution in [0.1, 0.15) is 39.3 Å². The van der Waals surface area contributed by atoms with Crippen LogP contribution in [0.15, 0.2) is 23.9 Å². The van der Waals surface area contributed by atoms with Crippen LogP contribution in [0.3, 0.4) is 0 Å². The van der Waals surface area contributed by atoms with Gasteiger partial charge in [0.15, 0.2) is 5.78 Å². The molecule has 0 aliphatic heterocycles. The molecule has 142 valence electrons. The Bertz CT molecular complexity index is 887. The summed E-state index contributed by atoms with van der Waals surface area (Å²) in [5.41, 5.74) is 1.60. The van der Waals surface area contributed by atoms with Gasteiger partial charge in [0, 0.05) is 23.9 Å². The van der Waals surface area contributed by atoms with Crippen molar-refractivity contribution in [2.24, 2.45) is 0 Å². The van der Waals surface area contributed by atoms with E-state index in [4.69, 9.17) is 0 Å². The number of allylic oxidation sites excluding steroid dienone is 1. The second-order valence-corrected chi connectivity index (χ2v) is 7.33. The summed E-state index contributed by atoms with van der Waals surface area (Å²) in [6.07, 6.45) is 2.75. The van der Waals surface area contributed by atoms with Crippen molar-refractivity contribution in [1.29, 1.82) is 0 Å². The molecule has 2 heterocycles. The minimum atomic E-state index is -0.214. The number of ketones is 2. The summed E-state index contributed by atoms with van der Waals surface area (Å²) < 4.78 is 0. The van der Waals surface area contributed by atoms with Crippen LogP contribution in [0.2, 0.25) is 0 Å². The fourth-order valence-corrected chi connectivity index (χ4v) is 4.07. The first-order valence-electron chi connectivity index (χ1n) is 8.85. The third kappa shape index (κ3) is 4.23. The summed E-state index contributed by atoms with van der Waals surface area (Å²) in [5, 5.41) is 17.2. The molecule has 0 saturated carbocycles. The second kappa shape index (κ2) is 8.41. The number of hydrogen-bond acceptors (Lipinski definition) is 8. The third-order valence-corrected chi connectivity index (χ3v) is 5.33. The summed E-state index contributed by atoms with van der Waals surface area (Å²) in [6, 6.07) is 3.51. The number of hydrogen-bond donors (Lipinski definition) is 3. The van der Waals surface area contributed by atoms with Gasteiger partial charge in [-0.15, -0.1) is 11.3 Å². The molecule has 1 aliphatic carbocycles. The van der Waals surface area contributed by atoms with Crippen LogP contribution in [-0.4, -0.2) is 46.8 Å². The van der Waals surface area contributed by atoms with Gasteiger partial charge in [0.2, 0.25) is 5.78 Å². The fourth-order valence-electron chi connectivity index (χ4n) is 2.97. The van der Waals surface area contributed by atoms with Crippen LogP contribution in [0.5, 0.6) is 0 Å². The average Bonchev–Trinajstić information content (AvgIpc) is 3.06. The molecule has 1 aliphatic rings. The first-order chi connectivity index (χ1) is 13.0. The number of aliphatic hydroxyl groups excluding tert-OH is 1. The number of aromatic nitrogens is 2. The Hall–Kier alpha value is -2.58. The van der Waals surface area contributed by atoms with Crippen molar-refractivity contribution < 1.29 is 14.7 Å². The maximum Gasteiger partial charge on any atom is 0.204 e. The predicted molar refractivity (Wildman–Crippen MR) is 105 cm³/mol. The lowest BCUT2D eigenvalue weighted by atomic mass is 9.93. The zero-order valence-electron chi connectivity index (χ0n) is 15.3. The number of thiazole rings is 1. The number of aliphatic hydroxyl groups is 1. The number of nitrogens with zero attached hydrogens (tertiary/aromatic N) is 2. The Morgan fingerprint density at radius 2 is 2.15 bits per heavy atom. The number of nitrogens with one attached hydrogen (secondary N) is 2. The van der Waals surface area contributed by atoms with Gasteiger partial charge in [-0.1, -0.05) is 0 Å². The number of rotatable bonds is 7. The highest BCUT2D eigenvalue weighted by molar-refractivity contribution is 7.14. The lowest BCUT2D eigenvalue weighted by Gasteiger charge is -2.14. The zero-order valence-corrected chi connectivity index (χ0v) is 16.2. The van der Waals surface area contributed by atoms with Crippen LogP contribution in [0.4, 0.5) is 5.82 Å². The van der Waals surface area contributed by atoms with Gasteiger partial charge in [-0.3, -0.25) is 9.59 Å². The maximum atomic E-state index is 12.8. The van der Waals surface area contributed by atoms with Crippen molar-refractivity contribution in [3.05, 3.63) is 45.0 Å². The van der Waals surface area contributed by atoms with Gasteiger partial charge >= 0.3 is 0 Å². The normalized spacial score (nSPS) is 15.4. The summed E-state index contributed by atoms with van der Waals surface area (Å²) in [6.45, 7) is 3.01. The average molecular weight is 386 g/mol. The van der Waals surface area contributed by atoms with Crippen LogP contribution >= 0.6 is 11.3 Å². The second-order valence-electron chi connectivity index (χ2n) is 6.25. The molecule has 0 fully saturated rings. The van der Waals surface area contributed by atoms with Crippen LogP contribution in [0, 0.1) is 0 Å². The molecule has 27 heavy (non-hydrogen) atoms. The standard InChI is InChI=1S/C19H22N4O3S/c1-3-21-15-7-4-11(9-22-15)17(25)13-5-6-14-19(18(13)26)27-16(23-14)8-12(24)10-20-2/h4,7,9,20,25H,3,5-6,8,10H2,1-2H3,(H,21,22)/b17-13-. The number of Topliss-reactive ketones (excluding diaryl/α,β-unsaturated/α-hetero) is 2. The van der Waals surface area contributed by atoms with Crippen molar-refractivity contribution in [2.45, 2.75) is 26.2 Å². The third-order valence-electron chi connectivity index (χ3n) is 4.24. The topological polar surface area (TPSA) is 104 Å². The number of carbonyl (C=O) groups excluding carboxylic acids is 2. The molecule has 2 aromatic rings. The van der Waals surface area contributed by atoms with Gasteiger partial charge < -0.3 is 15.7 Å². The van der Waals surface area contributed by atoms with E-state index in [1.807, 2.05) is 6.92 Å². The van der Waals surface area contributed by atoms with Crippen molar-refractivity contribution in [2.75, 3.05) is 25.5 Å². The van der Waals surface area contributed by atoms with E-state index in [2.05, 4.69) is 20.6 Å². The van der Waals surface area contributed by atoms with Gasteiger partial charge in [0.05, 0.1) is 23.5 Å². The lowest BCUT2D eigenvalue weighted by Crippen LogP contribution is -2.20. The number of fused-ring (bicyclic) bond motifs is 1. The highest BCUT2D eigenvalue weighted by atomic mass is 32.1.